The molecule has 0 saturated carbocycles. The van der Waals surface area contributed by atoms with Gasteiger partial charge in [0, 0.05) is 18.9 Å². The lowest BCUT2D eigenvalue weighted by Gasteiger charge is -2.22. The summed E-state index contributed by atoms with van der Waals surface area (Å²) in [5.74, 6) is -0.873. The molecular formula is C16H17ClN2O2. The van der Waals surface area contributed by atoms with Crippen molar-refractivity contribution in [1.82, 2.24) is 9.55 Å². The zero-order valence-corrected chi connectivity index (χ0v) is 12.6. The van der Waals surface area contributed by atoms with Gasteiger partial charge in [-0.1, -0.05) is 6.07 Å². The Labute approximate surface area is 129 Å². The molecule has 2 aromatic rings. The maximum Gasteiger partial charge on any atom is 0.335 e. The molecule has 0 aliphatic heterocycles. The molecular weight excluding hydrogens is 288 g/mol. The summed E-state index contributed by atoms with van der Waals surface area (Å²) in [7, 11) is 0. The van der Waals surface area contributed by atoms with Gasteiger partial charge in [-0.3, -0.25) is 0 Å². The number of carbonyl (C=O) groups is 1. The number of halogens is 1. The van der Waals surface area contributed by atoms with Crippen LogP contribution in [-0.4, -0.2) is 20.6 Å². The lowest BCUT2D eigenvalue weighted by atomic mass is 9.85. The van der Waals surface area contributed by atoms with Crippen LogP contribution in [0.1, 0.15) is 34.8 Å². The number of rotatable bonds is 3. The molecule has 0 unspecified atom stereocenters. The minimum atomic E-state index is -0.873. The zero-order chi connectivity index (χ0) is 14.1. The van der Waals surface area contributed by atoms with Gasteiger partial charge >= 0.3 is 5.97 Å². The molecule has 3 rings (SSSR count). The number of imidazole rings is 1. The van der Waals surface area contributed by atoms with Crippen LogP contribution in [0.25, 0.3) is 5.57 Å². The lowest BCUT2D eigenvalue weighted by Crippen LogP contribution is -2.10. The van der Waals surface area contributed by atoms with Crippen LogP contribution in [-0.2, 0) is 13.0 Å². The van der Waals surface area contributed by atoms with Crippen molar-refractivity contribution in [3.05, 3.63) is 59.2 Å². The molecule has 0 amide bonds. The first-order valence-corrected chi connectivity index (χ1v) is 6.66. The number of nitrogens with zero attached hydrogens (tertiary/aromatic N) is 2. The number of carboxylic acids is 1. The molecule has 1 aliphatic rings. The minimum Gasteiger partial charge on any atom is -0.478 e. The van der Waals surface area contributed by atoms with Gasteiger partial charge < -0.3 is 9.67 Å². The van der Waals surface area contributed by atoms with Gasteiger partial charge in [0.2, 0.25) is 0 Å². The Kier molecular flexibility index (Phi) is 4.48. The lowest BCUT2D eigenvalue weighted by molar-refractivity contribution is 0.0697. The quantitative estimate of drug-likeness (QED) is 0.945. The second-order valence-electron chi connectivity index (χ2n) is 5.14. The maximum atomic E-state index is 11.1. The van der Waals surface area contributed by atoms with Crippen molar-refractivity contribution in [3.63, 3.8) is 0 Å². The van der Waals surface area contributed by atoms with E-state index in [1.807, 2.05) is 23.2 Å². The Balaban J connectivity index is 0.00000161. The Morgan fingerprint density at radius 2 is 2.19 bits per heavy atom. The van der Waals surface area contributed by atoms with Crippen molar-refractivity contribution in [1.29, 1.82) is 0 Å². The normalized spacial score (nSPS) is 13.6. The van der Waals surface area contributed by atoms with Gasteiger partial charge in [-0.05, 0) is 54.2 Å². The average molecular weight is 305 g/mol. The molecule has 1 N–H and O–H groups in total. The van der Waals surface area contributed by atoms with Gasteiger partial charge in [0.1, 0.15) is 0 Å². The summed E-state index contributed by atoms with van der Waals surface area (Å²) in [5.41, 5.74) is 5.21. The molecule has 0 spiro atoms. The summed E-state index contributed by atoms with van der Waals surface area (Å²) in [6, 6.07) is 5.42. The number of benzene rings is 1. The third-order valence-electron chi connectivity index (χ3n) is 3.92. The van der Waals surface area contributed by atoms with Crippen LogP contribution in [0.4, 0.5) is 0 Å². The predicted molar refractivity (Wildman–Crippen MR) is 83.8 cm³/mol. The van der Waals surface area contributed by atoms with Crippen LogP contribution >= 0.6 is 12.4 Å². The summed E-state index contributed by atoms with van der Waals surface area (Å²) >= 11 is 0. The van der Waals surface area contributed by atoms with Crippen LogP contribution < -0.4 is 0 Å². The number of fused-ring (bicyclic) bond motifs is 1. The predicted octanol–water partition coefficient (Wildman–Crippen LogP) is 3.42. The van der Waals surface area contributed by atoms with E-state index >= 15 is 0 Å². The van der Waals surface area contributed by atoms with Crippen molar-refractivity contribution in [2.24, 2.45) is 0 Å². The summed E-state index contributed by atoms with van der Waals surface area (Å²) in [5, 5.41) is 9.12. The van der Waals surface area contributed by atoms with Crippen LogP contribution in [0, 0.1) is 0 Å². The SMILES string of the molecule is CC1=C(Cn2ccnc2)CCc2ccc(C(=O)O)cc21.Cl. The molecule has 0 saturated heterocycles. The van der Waals surface area contributed by atoms with E-state index in [1.165, 1.54) is 16.7 Å². The smallest absolute Gasteiger partial charge is 0.335 e. The second kappa shape index (κ2) is 6.14. The first kappa shape index (κ1) is 15.3. The average Bonchev–Trinajstić information content (AvgIpc) is 2.94. The summed E-state index contributed by atoms with van der Waals surface area (Å²) in [4.78, 5) is 15.2. The van der Waals surface area contributed by atoms with Crippen molar-refractivity contribution in [2.75, 3.05) is 0 Å². The van der Waals surface area contributed by atoms with Crippen molar-refractivity contribution < 1.29 is 9.90 Å². The molecule has 0 fully saturated rings. The van der Waals surface area contributed by atoms with Gasteiger partial charge in [0.05, 0.1) is 11.9 Å². The highest BCUT2D eigenvalue weighted by Gasteiger charge is 2.17. The van der Waals surface area contributed by atoms with Gasteiger partial charge in [-0.15, -0.1) is 12.4 Å². The van der Waals surface area contributed by atoms with Crippen LogP contribution in [0.15, 0.2) is 42.5 Å². The summed E-state index contributed by atoms with van der Waals surface area (Å²) < 4.78 is 2.05. The van der Waals surface area contributed by atoms with E-state index < -0.39 is 5.97 Å². The summed E-state index contributed by atoms with van der Waals surface area (Å²) in [6.07, 6.45) is 7.52. The van der Waals surface area contributed by atoms with Crippen molar-refractivity contribution in [2.45, 2.75) is 26.3 Å². The fraction of sp³-hybridized carbons (Fsp3) is 0.250. The number of aromatic nitrogens is 2. The fourth-order valence-electron chi connectivity index (χ4n) is 2.74. The Bertz CT molecular complexity index is 690. The molecule has 1 heterocycles. The highest BCUT2D eigenvalue weighted by atomic mass is 35.5. The standard InChI is InChI=1S/C16H16N2O2.ClH/c1-11-14(9-18-7-6-17-10-18)5-3-12-2-4-13(16(19)20)8-15(11)12;/h2,4,6-8,10H,3,5,9H2,1H3,(H,19,20);1H. The van der Waals surface area contributed by atoms with E-state index in [0.717, 1.165) is 24.9 Å². The monoisotopic (exact) mass is 304 g/mol. The number of aryl methyl sites for hydroxylation is 1. The molecule has 0 atom stereocenters. The number of hydrogen-bond acceptors (Lipinski definition) is 2. The van der Waals surface area contributed by atoms with Gasteiger partial charge in [0.25, 0.3) is 0 Å². The fourth-order valence-corrected chi connectivity index (χ4v) is 2.74. The van der Waals surface area contributed by atoms with E-state index in [-0.39, 0.29) is 12.4 Å². The van der Waals surface area contributed by atoms with Gasteiger partial charge in [0.15, 0.2) is 0 Å². The van der Waals surface area contributed by atoms with E-state index in [1.54, 1.807) is 18.3 Å². The van der Waals surface area contributed by atoms with E-state index in [4.69, 9.17) is 5.11 Å². The molecule has 110 valence electrons. The summed E-state index contributed by atoms with van der Waals surface area (Å²) in [6.45, 7) is 2.90. The van der Waals surface area contributed by atoms with E-state index in [9.17, 15) is 4.79 Å². The topological polar surface area (TPSA) is 55.1 Å². The number of aromatic carboxylic acids is 1. The van der Waals surface area contributed by atoms with Gasteiger partial charge in [-0.25, -0.2) is 9.78 Å². The first-order chi connectivity index (χ1) is 9.65. The number of carboxylic acid groups (broad SMARTS) is 1. The number of hydrogen-bond donors (Lipinski definition) is 1. The van der Waals surface area contributed by atoms with Crippen LogP contribution in [0.3, 0.4) is 0 Å². The minimum absolute atomic E-state index is 0. The van der Waals surface area contributed by atoms with E-state index in [2.05, 4.69) is 11.9 Å². The van der Waals surface area contributed by atoms with Crippen LogP contribution in [0.2, 0.25) is 0 Å². The van der Waals surface area contributed by atoms with Crippen molar-refractivity contribution in [3.8, 4) is 0 Å². The molecule has 0 radical (unpaired) electrons. The largest absolute Gasteiger partial charge is 0.478 e. The Morgan fingerprint density at radius 1 is 1.38 bits per heavy atom. The molecule has 1 aromatic carbocycles. The molecule has 1 aliphatic carbocycles. The molecule has 0 bridgehead atoms. The third kappa shape index (κ3) is 3.00. The molecule has 4 nitrogen and oxygen atoms in total. The Hall–Kier alpha value is -2.07. The highest BCUT2D eigenvalue weighted by Crippen LogP contribution is 2.32. The second-order valence-corrected chi connectivity index (χ2v) is 5.14. The zero-order valence-electron chi connectivity index (χ0n) is 11.7. The van der Waals surface area contributed by atoms with E-state index in [0.29, 0.717) is 5.56 Å². The van der Waals surface area contributed by atoms with Gasteiger partial charge in [-0.2, -0.15) is 0 Å². The third-order valence-corrected chi connectivity index (χ3v) is 3.92. The molecule has 5 heteroatoms. The molecule has 21 heavy (non-hydrogen) atoms. The Morgan fingerprint density at radius 3 is 2.86 bits per heavy atom. The highest BCUT2D eigenvalue weighted by molar-refractivity contribution is 5.89. The molecule has 1 aromatic heterocycles. The number of allylic oxidation sites excluding steroid dienone is 2. The maximum absolute atomic E-state index is 11.1. The van der Waals surface area contributed by atoms with Crippen LogP contribution in [0.5, 0.6) is 0 Å². The first-order valence-electron chi connectivity index (χ1n) is 6.66. The van der Waals surface area contributed by atoms with Crippen molar-refractivity contribution >= 4 is 23.9 Å².